The molecule has 2 aromatic carbocycles. The number of amides is 1. The lowest BCUT2D eigenvalue weighted by molar-refractivity contribution is -0.113. The van der Waals surface area contributed by atoms with Crippen LogP contribution in [0, 0.1) is 20.8 Å². The second-order valence-electron chi connectivity index (χ2n) is 5.72. The Hall–Kier alpha value is -1.91. The first-order valence-corrected chi connectivity index (χ1v) is 8.60. The number of rotatable bonds is 2. The van der Waals surface area contributed by atoms with Gasteiger partial charge in [-0.25, -0.2) is 0 Å². The van der Waals surface area contributed by atoms with Gasteiger partial charge in [0.15, 0.2) is 4.32 Å². The Bertz CT molecular complexity index is 839. The number of aryl methyl sites for hydroxylation is 3. The summed E-state index contributed by atoms with van der Waals surface area (Å²) in [4.78, 5) is 15.1. The number of hydrogen-bond acceptors (Lipinski definition) is 3. The van der Waals surface area contributed by atoms with Gasteiger partial charge in [0.1, 0.15) is 0 Å². The maximum absolute atomic E-state index is 12.8. The summed E-state index contributed by atoms with van der Waals surface area (Å²) >= 11 is 6.81. The van der Waals surface area contributed by atoms with Crippen LogP contribution in [-0.4, -0.2) is 10.2 Å². The largest absolute Gasteiger partial charge is 0.270 e. The highest BCUT2D eigenvalue weighted by Crippen LogP contribution is 2.37. The molecule has 0 atom stereocenters. The molecule has 0 spiro atoms. The summed E-state index contributed by atoms with van der Waals surface area (Å²) in [6, 6.07) is 14.2. The number of anilines is 1. The smallest absolute Gasteiger partial charge is 0.268 e. The molecule has 0 bridgehead atoms. The number of nitrogens with zero attached hydrogens (tertiary/aromatic N) is 1. The predicted molar refractivity (Wildman–Crippen MR) is 103 cm³/mol. The van der Waals surface area contributed by atoms with Gasteiger partial charge < -0.3 is 0 Å². The summed E-state index contributed by atoms with van der Waals surface area (Å²) in [7, 11) is 0. The molecule has 3 rings (SSSR count). The van der Waals surface area contributed by atoms with Gasteiger partial charge >= 0.3 is 0 Å². The molecule has 0 N–H and O–H groups in total. The van der Waals surface area contributed by atoms with Crippen LogP contribution < -0.4 is 4.90 Å². The lowest BCUT2D eigenvalue weighted by Crippen LogP contribution is -2.28. The first-order valence-electron chi connectivity index (χ1n) is 7.37. The maximum atomic E-state index is 12.8. The zero-order valence-electron chi connectivity index (χ0n) is 13.3. The summed E-state index contributed by atoms with van der Waals surface area (Å²) in [6.45, 7) is 6.05. The van der Waals surface area contributed by atoms with Crippen LogP contribution in [0.2, 0.25) is 0 Å². The normalized spacial score (nSPS) is 16.5. The van der Waals surface area contributed by atoms with Crippen LogP contribution in [0.1, 0.15) is 22.3 Å². The molecule has 116 valence electrons. The van der Waals surface area contributed by atoms with Crippen LogP contribution in [0.15, 0.2) is 47.4 Å². The molecular formula is C19H17NOS2. The number of hydrogen-bond donors (Lipinski definition) is 0. The second-order valence-corrected chi connectivity index (χ2v) is 7.40. The molecule has 2 nitrogen and oxygen atoms in total. The molecule has 1 amide bonds. The fourth-order valence-electron chi connectivity index (χ4n) is 2.55. The van der Waals surface area contributed by atoms with Crippen LogP contribution in [0.5, 0.6) is 0 Å². The number of carbonyl (C=O) groups excluding carboxylic acids is 1. The summed E-state index contributed by atoms with van der Waals surface area (Å²) < 4.78 is 0.586. The van der Waals surface area contributed by atoms with Crippen molar-refractivity contribution < 1.29 is 4.79 Å². The van der Waals surface area contributed by atoms with Crippen molar-refractivity contribution in [3.05, 3.63) is 69.6 Å². The minimum absolute atomic E-state index is 0.0461. The Labute approximate surface area is 146 Å². The number of benzene rings is 2. The molecule has 1 heterocycles. The van der Waals surface area contributed by atoms with Gasteiger partial charge in [-0.15, -0.1) is 0 Å². The van der Waals surface area contributed by atoms with Crippen LogP contribution in [0.4, 0.5) is 5.69 Å². The van der Waals surface area contributed by atoms with Crippen molar-refractivity contribution in [2.45, 2.75) is 20.8 Å². The molecule has 0 unspecified atom stereocenters. The van der Waals surface area contributed by atoms with Gasteiger partial charge in [-0.05, 0) is 49.6 Å². The molecule has 1 saturated heterocycles. The highest BCUT2D eigenvalue weighted by molar-refractivity contribution is 8.27. The number of thiocarbonyl (C=S) groups is 1. The standard InChI is InChI=1S/C19H17NOS2/c1-12-5-4-6-15(9-12)11-17-18(21)20(19(22)23-17)16-10-13(2)7-8-14(16)3/h4-11H,1-3H3. The third-order valence-corrected chi connectivity index (χ3v) is 5.04. The number of carbonyl (C=O) groups is 1. The molecule has 0 aliphatic carbocycles. The van der Waals surface area contributed by atoms with Crippen molar-refractivity contribution in [2.24, 2.45) is 0 Å². The van der Waals surface area contributed by atoms with Gasteiger partial charge in [0.25, 0.3) is 5.91 Å². The van der Waals surface area contributed by atoms with E-state index in [1.165, 1.54) is 17.3 Å². The summed E-state index contributed by atoms with van der Waals surface area (Å²) in [6.07, 6.45) is 1.91. The topological polar surface area (TPSA) is 20.3 Å². The zero-order valence-corrected chi connectivity index (χ0v) is 14.9. The Balaban J connectivity index is 1.99. The maximum Gasteiger partial charge on any atom is 0.270 e. The molecule has 4 heteroatoms. The van der Waals surface area contributed by atoms with Gasteiger partial charge in [-0.1, -0.05) is 65.9 Å². The van der Waals surface area contributed by atoms with Gasteiger partial charge in [0.2, 0.25) is 0 Å². The fourth-order valence-corrected chi connectivity index (χ4v) is 3.83. The van der Waals surface area contributed by atoms with E-state index in [2.05, 4.69) is 6.07 Å². The second kappa shape index (κ2) is 6.30. The third kappa shape index (κ3) is 3.23. The van der Waals surface area contributed by atoms with Crippen LogP contribution in [0.3, 0.4) is 0 Å². The Kier molecular flexibility index (Phi) is 4.37. The summed E-state index contributed by atoms with van der Waals surface area (Å²) in [5.74, 6) is -0.0461. The Morgan fingerprint density at radius 2 is 1.78 bits per heavy atom. The highest BCUT2D eigenvalue weighted by atomic mass is 32.2. The van der Waals surface area contributed by atoms with Crippen molar-refractivity contribution >= 4 is 46.0 Å². The van der Waals surface area contributed by atoms with E-state index in [0.717, 1.165) is 22.4 Å². The lowest BCUT2D eigenvalue weighted by atomic mass is 10.1. The molecular weight excluding hydrogens is 322 g/mol. The van der Waals surface area contributed by atoms with E-state index in [1.54, 1.807) is 4.90 Å². The SMILES string of the molecule is Cc1cccc(C=C2SC(=S)N(c3cc(C)ccc3C)C2=O)c1. The minimum Gasteiger partial charge on any atom is -0.268 e. The average Bonchev–Trinajstić information content (AvgIpc) is 2.76. The van der Waals surface area contributed by atoms with E-state index in [1.807, 2.05) is 63.2 Å². The molecule has 0 radical (unpaired) electrons. The van der Waals surface area contributed by atoms with Crippen LogP contribution >= 0.6 is 24.0 Å². The summed E-state index contributed by atoms with van der Waals surface area (Å²) in [5, 5.41) is 0. The Morgan fingerprint density at radius 3 is 2.52 bits per heavy atom. The van der Waals surface area contributed by atoms with E-state index in [-0.39, 0.29) is 5.91 Å². The van der Waals surface area contributed by atoms with Crippen LogP contribution in [0.25, 0.3) is 6.08 Å². The van der Waals surface area contributed by atoms with Gasteiger partial charge in [0.05, 0.1) is 10.6 Å². The van der Waals surface area contributed by atoms with Gasteiger partial charge in [-0.2, -0.15) is 0 Å². The number of thioether (sulfide) groups is 1. The van der Waals surface area contributed by atoms with Crippen molar-refractivity contribution in [3.63, 3.8) is 0 Å². The minimum atomic E-state index is -0.0461. The Morgan fingerprint density at radius 1 is 1.04 bits per heavy atom. The molecule has 1 fully saturated rings. The predicted octanol–water partition coefficient (Wildman–Crippen LogP) is 5.02. The first kappa shape index (κ1) is 16.0. The molecule has 2 aromatic rings. The van der Waals surface area contributed by atoms with Gasteiger partial charge in [-0.3, -0.25) is 9.69 Å². The van der Waals surface area contributed by atoms with E-state index in [0.29, 0.717) is 9.23 Å². The summed E-state index contributed by atoms with van der Waals surface area (Å²) in [5.41, 5.74) is 5.22. The molecule has 1 aliphatic rings. The van der Waals surface area contributed by atoms with E-state index in [4.69, 9.17) is 12.2 Å². The van der Waals surface area contributed by atoms with Crippen molar-refractivity contribution in [3.8, 4) is 0 Å². The lowest BCUT2D eigenvalue weighted by Gasteiger charge is -2.17. The van der Waals surface area contributed by atoms with E-state index >= 15 is 0 Å². The van der Waals surface area contributed by atoms with Crippen molar-refractivity contribution in [2.75, 3.05) is 4.90 Å². The zero-order chi connectivity index (χ0) is 16.6. The fraction of sp³-hybridized carbons (Fsp3) is 0.158. The first-order chi connectivity index (χ1) is 11.0. The highest BCUT2D eigenvalue weighted by Gasteiger charge is 2.34. The van der Waals surface area contributed by atoms with E-state index in [9.17, 15) is 4.79 Å². The van der Waals surface area contributed by atoms with Gasteiger partial charge in [0, 0.05) is 0 Å². The van der Waals surface area contributed by atoms with Crippen molar-refractivity contribution in [1.29, 1.82) is 0 Å². The molecule has 0 aromatic heterocycles. The van der Waals surface area contributed by atoms with Crippen LogP contribution in [-0.2, 0) is 4.79 Å². The molecule has 0 saturated carbocycles. The average molecular weight is 339 g/mol. The molecule has 23 heavy (non-hydrogen) atoms. The quantitative estimate of drug-likeness (QED) is 0.566. The van der Waals surface area contributed by atoms with Crippen molar-refractivity contribution in [1.82, 2.24) is 0 Å². The molecule has 1 aliphatic heterocycles. The monoisotopic (exact) mass is 339 g/mol. The van der Waals surface area contributed by atoms with E-state index < -0.39 is 0 Å². The third-order valence-electron chi connectivity index (χ3n) is 3.74.